The Balaban J connectivity index is 1.62. The van der Waals surface area contributed by atoms with Crippen LogP contribution in [0.5, 0.6) is 5.75 Å². The summed E-state index contributed by atoms with van der Waals surface area (Å²) in [4.78, 5) is 4.28. The number of benzene rings is 2. The number of nitrogens with two attached hydrogens (primary N) is 1. The highest BCUT2D eigenvalue weighted by atomic mass is 32.1. The van der Waals surface area contributed by atoms with E-state index in [1.165, 1.54) is 22.5 Å². The average molecular weight is 324 g/mol. The lowest BCUT2D eigenvalue weighted by molar-refractivity contribution is 0.306. The van der Waals surface area contributed by atoms with Gasteiger partial charge < -0.3 is 10.5 Å². The standard InChI is InChI=1S/C19H20N2OS/c1-13(2)15-5-3-14(4-6-15)11-22-17-9-7-16(8-10-17)18-12-23-19(20)21-18/h3-10,12-13H,11H2,1-2H3,(H2,20,21). The average Bonchev–Trinajstić information content (AvgIpc) is 3.00. The molecule has 1 heterocycles. The van der Waals surface area contributed by atoms with Crippen LogP contribution in [0.3, 0.4) is 0 Å². The summed E-state index contributed by atoms with van der Waals surface area (Å²) in [5, 5.41) is 2.55. The molecule has 2 aromatic carbocycles. The lowest BCUT2D eigenvalue weighted by Crippen LogP contribution is -1.96. The Morgan fingerprint density at radius 3 is 2.30 bits per heavy atom. The van der Waals surface area contributed by atoms with E-state index in [-0.39, 0.29) is 0 Å². The molecule has 0 bridgehead atoms. The zero-order chi connectivity index (χ0) is 16.2. The van der Waals surface area contributed by atoms with E-state index in [0.29, 0.717) is 17.7 Å². The molecule has 0 amide bonds. The van der Waals surface area contributed by atoms with Crippen molar-refractivity contribution in [1.82, 2.24) is 4.98 Å². The van der Waals surface area contributed by atoms with Gasteiger partial charge in [0, 0.05) is 10.9 Å². The van der Waals surface area contributed by atoms with Crippen LogP contribution in [0, 0.1) is 0 Å². The van der Waals surface area contributed by atoms with Crippen LogP contribution in [0.2, 0.25) is 0 Å². The maximum absolute atomic E-state index is 5.85. The molecule has 0 saturated carbocycles. The predicted molar refractivity (Wildman–Crippen MR) is 96.8 cm³/mol. The highest BCUT2D eigenvalue weighted by Crippen LogP contribution is 2.25. The van der Waals surface area contributed by atoms with E-state index in [4.69, 9.17) is 10.5 Å². The molecule has 23 heavy (non-hydrogen) atoms. The van der Waals surface area contributed by atoms with Crippen molar-refractivity contribution in [2.24, 2.45) is 0 Å². The summed E-state index contributed by atoms with van der Waals surface area (Å²) in [7, 11) is 0. The van der Waals surface area contributed by atoms with Gasteiger partial charge in [0.1, 0.15) is 12.4 Å². The van der Waals surface area contributed by atoms with Gasteiger partial charge in [-0.25, -0.2) is 4.98 Å². The van der Waals surface area contributed by atoms with E-state index in [2.05, 4.69) is 43.1 Å². The van der Waals surface area contributed by atoms with Gasteiger partial charge in [-0.2, -0.15) is 0 Å². The molecule has 0 aliphatic rings. The van der Waals surface area contributed by atoms with Crippen LogP contribution in [0.4, 0.5) is 5.13 Å². The summed E-state index contributed by atoms with van der Waals surface area (Å²) in [5.74, 6) is 1.40. The fraction of sp³-hybridized carbons (Fsp3) is 0.211. The van der Waals surface area contributed by atoms with Gasteiger partial charge in [-0.15, -0.1) is 11.3 Å². The van der Waals surface area contributed by atoms with Gasteiger partial charge in [0.05, 0.1) is 5.69 Å². The molecular formula is C19H20N2OS. The largest absolute Gasteiger partial charge is 0.489 e. The van der Waals surface area contributed by atoms with Gasteiger partial charge in [0.2, 0.25) is 0 Å². The maximum Gasteiger partial charge on any atom is 0.180 e. The number of ether oxygens (including phenoxy) is 1. The number of hydrogen-bond donors (Lipinski definition) is 1. The Morgan fingerprint density at radius 2 is 1.74 bits per heavy atom. The predicted octanol–water partition coefficient (Wildman–Crippen LogP) is 5.09. The molecule has 118 valence electrons. The van der Waals surface area contributed by atoms with Crippen LogP contribution in [0.15, 0.2) is 53.9 Å². The molecule has 3 rings (SSSR count). The first-order valence-corrected chi connectivity index (χ1v) is 8.53. The number of nitrogen functional groups attached to an aromatic ring is 1. The molecule has 3 aromatic rings. The SMILES string of the molecule is CC(C)c1ccc(COc2ccc(-c3csc(N)n3)cc2)cc1. The number of aromatic nitrogens is 1. The van der Waals surface area contributed by atoms with E-state index in [1.54, 1.807) is 0 Å². The van der Waals surface area contributed by atoms with Gasteiger partial charge in [0.25, 0.3) is 0 Å². The topological polar surface area (TPSA) is 48.1 Å². The zero-order valence-electron chi connectivity index (χ0n) is 13.3. The summed E-state index contributed by atoms with van der Waals surface area (Å²) in [6, 6.07) is 16.5. The first kappa shape index (κ1) is 15.6. The van der Waals surface area contributed by atoms with Crippen LogP contribution in [0.1, 0.15) is 30.9 Å². The monoisotopic (exact) mass is 324 g/mol. The quantitative estimate of drug-likeness (QED) is 0.710. The van der Waals surface area contributed by atoms with Crippen molar-refractivity contribution in [2.75, 3.05) is 5.73 Å². The van der Waals surface area contributed by atoms with Gasteiger partial charge in [-0.05, 0) is 41.3 Å². The van der Waals surface area contributed by atoms with Crippen molar-refractivity contribution in [3.63, 3.8) is 0 Å². The summed E-state index contributed by atoms with van der Waals surface area (Å²) >= 11 is 1.45. The Labute approximate surface area is 140 Å². The Morgan fingerprint density at radius 1 is 1.04 bits per heavy atom. The van der Waals surface area contributed by atoms with Crippen molar-refractivity contribution in [3.8, 4) is 17.0 Å². The van der Waals surface area contributed by atoms with Crippen LogP contribution < -0.4 is 10.5 Å². The molecule has 2 N–H and O–H groups in total. The maximum atomic E-state index is 5.85. The molecular weight excluding hydrogens is 304 g/mol. The molecule has 0 aliphatic heterocycles. The molecule has 0 unspecified atom stereocenters. The highest BCUT2D eigenvalue weighted by molar-refractivity contribution is 7.13. The minimum absolute atomic E-state index is 0.553. The van der Waals surface area contributed by atoms with Gasteiger partial charge in [0.15, 0.2) is 5.13 Å². The van der Waals surface area contributed by atoms with Gasteiger partial charge in [-0.1, -0.05) is 38.1 Å². The molecule has 0 fully saturated rings. The first-order valence-electron chi connectivity index (χ1n) is 7.65. The second-order valence-electron chi connectivity index (χ2n) is 5.78. The van der Waals surface area contributed by atoms with Crippen molar-refractivity contribution in [2.45, 2.75) is 26.4 Å². The van der Waals surface area contributed by atoms with E-state index in [1.807, 2.05) is 29.6 Å². The molecule has 0 saturated heterocycles. The van der Waals surface area contributed by atoms with Crippen molar-refractivity contribution in [3.05, 3.63) is 65.0 Å². The number of nitrogens with zero attached hydrogens (tertiary/aromatic N) is 1. The number of anilines is 1. The molecule has 0 aliphatic carbocycles. The minimum Gasteiger partial charge on any atom is -0.489 e. The fourth-order valence-corrected chi connectivity index (χ4v) is 2.88. The number of rotatable bonds is 5. The minimum atomic E-state index is 0.553. The third-order valence-corrected chi connectivity index (χ3v) is 4.40. The third kappa shape index (κ3) is 3.90. The summed E-state index contributed by atoms with van der Waals surface area (Å²) < 4.78 is 5.85. The third-order valence-electron chi connectivity index (χ3n) is 3.72. The Kier molecular flexibility index (Phi) is 4.63. The Bertz CT molecular complexity index is 761. The second kappa shape index (κ2) is 6.84. The lowest BCUT2D eigenvalue weighted by atomic mass is 10.0. The van der Waals surface area contributed by atoms with Crippen molar-refractivity contribution < 1.29 is 4.74 Å². The highest BCUT2D eigenvalue weighted by Gasteiger charge is 2.03. The summed E-state index contributed by atoms with van der Waals surface area (Å²) in [5.41, 5.74) is 10.1. The molecule has 4 heteroatoms. The van der Waals surface area contributed by atoms with Gasteiger partial charge >= 0.3 is 0 Å². The fourth-order valence-electron chi connectivity index (χ4n) is 2.31. The number of thiazole rings is 1. The Hall–Kier alpha value is -2.33. The van der Waals surface area contributed by atoms with Gasteiger partial charge in [-0.3, -0.25) is 0 Å². The van der Waals surface area contributed by atoms with Crippen LogP contribution >= 0.6 is 11.3 Å². The molecule has 3 nitrogen and oxygen atoms in total. The smallest absolute Gasteiger partial charge is 0.180 e. The van der Waals surface area contributed by atoms with Crippen LogP contribution in [0.25, 0.3) is 11.3 Å². The van der Waals surface area contributed by atoms with Crippen molar-refractivity contribution >= 4 is 16.5 Å². The normalized spacial score (nSPS) is 10.9. The van der Waals surface area contributed by atoms with E-state index in [0.717, 1.165) is 17.0 Å². The lowest BCUT2D eigenvalue weighted by Gasteiger charge is -2.09. The molecule has 0 atom stereocenters. The molecule has 0 radical (unpaired) electrons. The van der Waals surface area contributed by atoms with E-state index < -0.39 is 0 Å². The summed E-state index contributed by atoms with van der Waals surface area (Å²) in [6.45, 7) is 4.97. The van der Waals surface area contributed by atoms with E-state index >= 15 is 0 Å². The summed E-state index contributed by atoms with van der Waals surface area (Å²) in [6.07, 6.45) is 0. The number of hydrogen-bond acceptors (Lipinski definition) is 4. The van der Waals surface area contributed by atoms with E-state index in [9.17, 15) is 0 Å². The zero-order valence-corrected chi connectivity index (χ0v) is 14.1. The van der Waals surface area contributed by atoms with Crippen LogP contribution in [-0.4, -0.2) is 4.98 Å². The molecule has 1 aromatic heterocycles. The van der Waals surface area contributed by atoms with Crippen molar-refractivity contribution in [1.29, 1.82) is 0 Å². The second-order valence-corrected chi connectivity index (χ2v) is 6.67. The van der Waals surface area contributed by atoms with Crippen LogP contribution in [-0.2, 0) is 6.61 Å². The first-order chi connectivity index (χ1) is 11.1. The molecule has 0 spiro atoms.